The summed E-state index contributed by atoms with van der Waals surface area (Å²) in [6.07, 6.45) is 1.47. The molecule has 2 aromatic heterocycles. The maximum atomic E-state index is 12.8. The van der Waals surface area contributed by atoms with Gasteiger partial charge in [-0.05, 0) is 47.5 Å². The summed E-state index contributed by atoms with van der Waals surface area (Å²) in [5, 5.41) is 5.60. The summed E-state index contributed by atoms with van der Waals surface area (Å²) in [5.41, 5.74) is 1.74. The number of aromatic nitrogens is 3. The first-order chi connectivity index (χ1) is 15.4. The van der Waals surface area contributed by atoms with Crippen molar-refractivity contribution < 1.29 is 9.59 Å². The van der Waals surface area contributed by atoms with E-state index in [2.05, 4.69) is 20.6 Å². The minimum Gasteiger partial charge on any atom is -0.354 e. The van der Waals surface area contributed by atoms with Gasteiger partial charge in [0.15, 0.2) is 5.69 Å². The lowest BCUT2D eigenvalue weighted by molar-refractivity contribution is 0.0959. The third kappa shape index (κ3) is 3.79. The van der Waals surface area contributed by atoms with Crippen LogP contribution < -0.4 is 21.9 Å². The number of fused-ring (bicyclic) bond motifs is 1. The summed E-state index contributed by atoms with van der Waals surface area (Å²) in [6.45, 7) is 0. The monoisotopic (exact) mass is 429 g/mol. The Kier molecular flexibility index (Phi) is 5.38. The second kappa shape index (κ2) is 8.31. The van der Waals surface area contributed by atoms with Crippen LogP contribution in [0.25, 0.3) is 22.0 Å². The van der Waals surface area contributed by atoms with Gasteiger partial charge in [0.2, 0.25) is 0 Å². The number of nitrogens with one attached hydrogen (secondary N) is 3. The minimum absolute atomic E-state index is 0.111. The highest BCUT2D eigenvalue weighted by Crippen LogP contribution is 2.23. The first kappa shape index (κ1) is 20.7. The van der Waals surface area contributed by atoms with E-state index in [-0.39, 0.29) is 11.3 Å². The van der Waals surface area contributed by atoms with Gasteiger partial charge >= 0.3 is 5.69 Å². The number of carbonyl (C=O) groups excluding carboxylic acids is 2. The van der Waals surface area contributed by atoms with Crippen molar-refractivity contribution in [1.29, 1.82) is 0 Å². The Morgan fingerprint density at radius 2 is 1.75 bits per heavy atom. The van der Waals surface area contributed by atoms with Crippen LogP contribution in [0, 0.1) is 0 Å². The van der Waals surface area contributed by atoms with Gasteiger partial charge < -0.3 is 15.6 Å². The summed E-state index contributed by atoms with van der Waals surface area (Å²) in [5.74, 6) is -0.820. The van der Waals surface area contributed by atoms with Crippen molar-refractivity contribution in [2.24, 2.45) is 7.05 Å². The van der Waals surface area contributed by atoms with E-state index in [9.17, 15) is 19.2 Å². The molecule has 0 atom stereocenters. The molecule has 0 saturated heterocycles. The zero-order valence-electron chi connectivity index (χ0n) is 17.3. The van der Waals surface area contributed by atoms with Gasteiger partial charge in [-0.15, -0.1) is 0 Å². The van der Waals surface area contributed by atoms with Crippen LogP contribution in [-0.2, 0) is 7.05 Å². The van der Waals surface area contributed by atoms with Gasteiger partial charge in [-0.3, -0.25) is 19.0 Å². The number of aromatic amines is 1. The molecule has 4 rings (SSSR count). The lowest BCUT2D eigenvalue weighted by Crippen LogP contribution is -2.32. The predicted octanol–water partition coefficient (Wildman–Crippen LogP) is 1.90. The highest BCUT2D eigenvalue weighted by atomic mass is 16.2. The number of rotatable bonds is 4. The molecule has 0 saturated carbocycles. The minimum atomic E-state index is -0.504. The molecule has 2 aromatic carbocycles. The Hall–Kier alpha value is -4.53. The van der Waals surface area contributed by atoms with E-state index < -0.39 is 17.5 Å². The van der Waals surface area contributed by atoms with Crippen LogP contribution in [0.3, 0.4) is 0 Å². The average molecular weight is 429 g/mol. The van der Waals surface area contributed by atoms with Crippen LogP contribution in [0.5, 0.6) is 0 Å². The molecule has 2 amide bonds. The second-order valence-electron chi connectivity index (χ2n) is 7.07. The molecule has 0 bridgehead atoms. The van der Waals surface area contributed by atoms with Crippen LogP contribution in [0.4, 0.5) is 5.69 Å². The van der Waals surface area contributed by atoms with Crippen molar-refractivity contribution in [2.45, 2.75) is 0 Å². The fraction of sp³-hybridized carbons (Fsp3) is 0.0870. The van der Waals surface area contributed by atoms with Crippen molar-refractivity contribution >= 4 is 28.4 Å². The van der Waals surface area contributed by atoms with Crippen LogP contribution in [0.15, 0.2) is 70.4 Å². The molecule has 9 nitrogen and oxygen atoms in total. The zero-order valence-corrected chi connectivity index (χ0v) is 17.3. The molecule has 160 valence electrons. The number of carbonyl (C=O) groups is 2. The summed E-state index contributed by atoms with van der Waals surface area (Å²) in [7, 11) is 2.90. The number of nitrogens with zero attached hydrogens (tertiary/aromatic N) is 2. The normalized spacial score (nSPS) is 10.7. The van der Waals surface area contributed by atoms with E-state index in [0.717, 1.165) is 15.7 Å². The number of pyridine rings is 1. The molecule has 0 aliphatic rings. The fourth-order valence-corrected chi connectivity index (χ4v) is 3.33. The summed E-state index contributed by atoms with van der Waals surface area (Å²) >= 11 is 0. The van der Waals surface area contributed by atoms with E-state index >= 15 is 0 Å². The predicted molar refractivity (Wildman–Crippen MR) is 121 cm³/mol. The third-order valence-corrected chi connectivity index (χ3v) is 5.06. The average Bonchev–Trinajstić information content (AvgIpc) is 2.82. The Labute approximate surface area is 181 Å². The van der Waals surface area contributed by atoms with E-state index in [1.54, 1.807) is 48.5 Å². The van der Waals surface area contributed by atoms with Crippen molar-refractivity contribution in [3.05, 3.63) is 92.9 Å². The number of amides is 2. The van der Waals surface area contributed by atoms with E-state index in [4.69, 9.17) is 0 Å². The maximum absolute atomic E-state index is 12.8. The van der Waals surface area contributed by atoms with Crippen LogP contribution >= 0.6 is 0 Å². The SMILES string of the molecule is CNC(=O)c1ncccc1NC(=O)c1cccc(-c2ccc3c(=O)n(C)c(=O)[nH]c3c2)c1. The van der Waals surface area contributed by atoms with Crippen LogP contribution in [-0.4, -0.2) is 33.4 Å². The zero-order chi connectivity index (χ0) is 22.8. The molecule has 32 heavy (non-hydrogen) atoms. The highest BCUT2D eigenvalue weighted by molar-refractivity contribution is 6.08. The lowest BCUT2D eigenvalue weighted by Gasteiger charge is -2.10. The standard InChI is InChI=1S/C23H19N5O4/c1-24-21(30)19-17(7-4-10-25-19)26-20(29)15-6-3-5-13(11-15)14-8-9-16-18(12-14)27-23(32)28(2)22(16)31/h3-12H,1-2H3,(H,24,30)(H,26,29)(H,27,32). The van der Waals surface area contributed by atoms with Gasteiger partial charge in [0.05, 0.1) is 16.6 Å². The molecule has 0 fully saturated rings. The van der Waals surface area contributed by atoms with Gasteiger partial charge in [0.1, 0.15) is 0 Å². The maximum Gasteiger partial charge on any atom is 0.328 e. The first-order valence-electron chi connectivity index (χ1n) is 9.71. The topological polar surface area (TPSA) is 126 Å². The molecule has 0 radical (unpaired) electrons. The third-order valence-electron chi connectivity index (χ3n) is 5.06. The largest absolute Gasteiger partial charge is 0.354 e. The Balaban J connectivity index is 1.68. The molecule has 4 aromatic rings. The van der Waals surface area contributed by atoms with E-state index in [0.29, 0.717) is 22.2 Å². The highest BCUT2D eigenvalue weighted by Gasteiger charge is 2.15. The summed E-state index contributed by atoms with van der Waals surface area (Å²) in [6, 6.07) is 15.2. The summed E-state index contributed by atoms with van der Waals surface area (Å²) in [4.78, 5) is 55.7. The van der Waals surface area contributed by atoms with Gasteiger partial charge in [-0.1, -0.05) is 18.2 Å². The molecule has 9 heteroatoms. The first-order valence-corrected chi connectivity index (χ1v) is 9.71. The van der Waals surface area contributed by atoms with Crippen LogP contribution in [0.1, 0.15) is 20.8 Å². The second-order valence-corrected chi connectivity index (χ2v) is 7.07. The fourth-order valence-electron chi connectivity index (χ4n) is 3.33. The number of hydrogen-bond donors (Lipinski definition) is 3. The van der Waals surface area contributed by atoms with Gasteiger partial charge in [-0.2, -0.15) is 0 Å². The Morgan fingerprint density at radius 1 is 0.969 bits per heavy atom. The lowest BCUT2D eigenvalue weighted by atomic mass is 10.0. The molecule has 0 aliphatic carbocycles. The molecule has 2 heterocycles. The number of H-pyrrole nitrogens is 1. The van der Waals surface area contributed by atoms with E-state index in [1.807, 2.05) is 6.07 Å². The van der Waals surface area contributed by atoms with Crippen molar-refractivity contribution in [3.63, 3.8) is 0 Å². The molecule has 3 N–H and O–H groups in total. The smallest absolute Gasteiger partial charge is 0.328 e. The van der Waals surface area contributed by atoms with Gasteiger partial charge in [0.25, 0.3) is 17.4 Å². The number of benzene rings is 2. The van der Waals surface area contributed by atoms with Gasteiger partial charge in [-0.25, -0.2) is 9.78 Å². The van der Waals surface area contributed by atoms with Crippen LogP contribution in [0.2, 0.25) is 0 Å². The molecule has 0 spiro atoms. The van der Waals surface area contributed by atoms with Crippen molar-refractivity contribution in [1.82, 2.24) is 19.9 Å². The number of anilines is 1. The Bertz CT molecular complexity index is 1490. The Morgan fingerprint density at radius 3 is 2.53 bits per heavy atom. The summed E-state index contributed by atoms with van der Waals surface area (Å²) < 4.78 is 1.01. The molecule has 0 aliphatic heterocycles. The van der Waals surface area contributed by atoms with E-state index in [1.165, 1.54) is 20.3 Å². The van der Waals surface area contributed by atoms with Gasteiger partial charge in [0, 0.05) is 25.9 Å². The molecular formula is C23H19N5O4. The molecular weight excluding hydrogens is 410 g/mol. The van der Waals surface area contributed by atoms with Crippen molar-refractivity contribution in [3.8, 4) is 11.1 Å². The quantitative estimate of drug-likeness (QED) is 0.457. The number of hydrogen-bond acceptors (Lipinski definition) is 5. The van der Waals surface area contributed by atoms with Crippen molar-refractivity contribution in [2.75, 3.05) is 12.4 Å². The molecule has 0 unspecified atom stereocenters.